The lowest BCUT2D eigenvalue weighted by Gasteiger charge is -2.31. The van der Waals surface area contributed by atoms with Gasteiger partial charge in [-0.05, 0) is 30.2 Å². The van der Waals surface area contributed by atoms with Gasteiger partial charge in [0.15, 0.2) is 9.84 Å². The van der Waals surface area contributed by atoms with Crippen molar-refractivity contribution in [2.45, 2.75) is 36.8 Å². The quantitative estimate of drug-likeness (QED) is 0.780. The van der Waals surface area contributed by atoms with Gasteiger partial charge in [0.1, 0.15) is 0 Å². The van der Waals surface area contributed by atoms with Crippen molar-refractivity contribution in [2.24, 2.45) is 5.92 Å². The lowest BCUT2D eigenvalue weighted by molar-refractivity contribution is 0.345. The predicted octanol–water partition coefficient (Wildman–Crippen LogP) is 3.06. The zero-order valence-electron chi connectivity index (χ0n) is 15.1. The van der Waals surface area contributed by atoms with Gasteiger partial charge in [-0.1, -0.05) is 50.2 Å². The van der Waals surface area contributed by atoms with Gasteiger partial charge in [0, 0.05) is 18.5 Å². The molecule has 1 aliphatic rings. The minimum absolute atomic E-state index is 0.0810. The fourth-order valence-electron chi connectivity index (χ4n) is 3.59. The van der Waals surface area contributed by atoms with Gasteiger partial charge >= 0.3 is 0 Å². The zero-order valence-corrected chi connectivity index (χ0v) is 16.8. The summed E-state index contributed by atoms with van der Waals surface area (Å²) in [6.45, 7) is 4.26. The Morgan fingerprint density at radius 2 is 1.58 bits per heavy atom. The van der Waals surface area contributed by atoms with E-state index in [1.807, 2.05) is 44.2 Å². The molecule has 1 fully saturated rings. The lowest BCUT2D eigenvalue weighted by atomic mass is 10.1. The first-order chi connectivity index (χ1) is 12.2. The molecule has 142 valence electrons. The maximum Gasteiger partial charge on any atom is 0.243 e. The van der Waals surface area contributed by atoms with Gasteiger partial charge in [-0.3, -0.25) is 0 Å². The van der Waals surface area contributed by atoms with E-state index in [0.717, 1.165) is 5.39 Å². The summed E-state index contributed by atoms with van der Waals surface area (Å²) in [5, 5.41) is 1.14. The Morgan fingerprint density at radius 1 is 0.962 bits per heavy atom. The highest BCUT2D eigenvalue weighted by Crippen LogP contribution is 2.29. The number of sulfonamides is 1. The third kappa shape index (κ3) is 3.80. The van der Waals surface area contributed by atoms with Crippen LogP contribution in [0.5, 0.6) is 0 Å². The Balaban J connectivity index is 1.82. The van der Waals surface area contributed by atoms with Gasteiger partial charge in [0.25, 0.3) is 0 Å². The van der Waals surface area contributed by atoms with Crippen LogP contribution in [0.25, 0.3) is 10.8 Å². The summed E-state index contributed by atoms with van der Waals surface area (Å²) in [4.78, 5) is 0.291. The Bertz CT molecular complexity index is 984. The van der Waals surface area contributed by atoms with Crippen LogP contribution >= 0.6 is 0 Å². The van der Waals surface area contributed by atoms with Crippen LogP contribution in [-0.2, 0) is 19.9 Å². The van der Waals surface area contributed by atoms with E-state index in [1.54, 1.807) is 12.1 Å². The number of rotatable bonds is 5. The monoisotopic (exact) mass is 395 g/mol. The molecule has 1 aliphatic heterocycles. The molecule has 26 heavy (non-hydrogen) atoms. The molecular formula is C19H25NO4S2. The Kier molecular flexibility index (Phi) is 5.42. The van der Waals surface area contributed by atoms with E-state index < -0.39 is 25.1 Å². The second-order valence-electron chi connectivity index (χ2n) is 7.30. The van der Waals surface area contributed by atoms with E-state index >= 15 is 0 Å². The molecule has 0 amide bonds. The third-order valence-electron chi connectivity index (χ3n) is 4.84. The van der Waals surface area contributed by atoms with E-state index in [0.29, 0.717) is 23.1 Å². The largest absolute Gasteiger partial charge is 0.243 e. The smallest absolute Gasteiger partial charge is 0.229 e. The summed E-state index contributed by atoms with van der Waals surface area (Å²) in [6.07, 6.45) is 0.720. The number of benzene rings is 2. The van der Waals surface area contributed by atoms with E-state index in [-0.39, 0.29) is 24.8 Å². The molecule has 0 N–H and O–H groups in total. The van der Waals surface area contributed by atoms with Crippen LogP contribution in [0.2, 0.25) is 0 Å². The van der Waals surface area contributed by atoms with Crippen molar-refractivity contribution in [2.75, 3.05) is 18.8 Å². The molecule has 0 radical (unpaired) electrons. The molecule has 0 atom stereocenters. The fraction of sp³-hybridized carbons (Fsp3) is 0.474. The average Bonchev–Trinajstić information content (AvgIpc) is 2.60. The first-order valence-corrected chi connectivity index (χ1v) is 12.1. The summed E-state index contributed by atoms with van der Waals surface area (Å²) in [5.74, 6) is 0.241. The van der Waals surface area contributed by atoms with E-state index in [2.05, 4.69) is 0 Å². The maximum absolute atomic E-state index is 13.1. The van der Waals surface area contributed by atoms with Gasteiger partial charge in [-0.2, -0.15) is 4.31 Å². The number of nitrogens with zero attached hydrogens (tertiary/aromatic N) is 1. The highest BCUT2D eigenvalue weighted by atomic mass is 32.2. The van der Waals surface area contributed by atoms with Crippen LogP contribution < -0.4 is 0 Å². The normalized spacial score (nSPS) is 17.8. The van der Waals surface area contributed by atoms with Crippen molar-refractivity contribution in [1.82, 2.24) is 4.31 Å². The van der Waals surface area contributed by atoms with Crippen LogP contribution in [0.4, 0.5) is 0 Å². The van der Waals surface area contributed by atoms with Crippen molar-refractivity contribution in [3.05, 3.63) is 42.5 Å². The van der Waals surface area contributed by atoms with E-state index in [4.69, 9.17) is 0 Å². The van der Waals surface area contributed by atoms with Crippen LogP contribution in [0.3, 0.4) is 0 Å². The second kappa shape index (κ2) is 7.29. The van der Waals surface area contributed by atoms with Gasteiger partial charge in [0.05, 0.1) is 15.9 Å². The summed E-state index contributed by atoms with van der Waals surface area (Å²) in [5.41, 5.74) is 0. The Labute approximate surface area is 156 Å². The highest BCUT2D eigenvalue weighted by Gasteiger charge is 2.35. The third-order valence-corrected chi connectivity index (χ3v) is 9.42. The molecule has 0 bridgehead atoms. The number of hydrogen-bond acceptors (Lipinski definition) is 4. The van der Waals surface area contributed by atoms with E-state index in [9.17, 15) is 16.8 Å². The summed E-state index contributed by atoms with van der Waals surface area (Å²) in [6, 6.07) is 12.7. The van der Waals surface area contributed by atoms with Gasteiger partial charge in [-0.25, -0.2) is 16.8 Å². The first kappa shape index (κ1) is 19.3. The van der Waals surface area contributed by atoms with Crippen molar-refractivity contribution in [1.29, 1.82) is 0 Å². The molecular weight excluding hydrogens is 370 g/mol. The van der Waals surface area contributed by atoms with Gasteiger partial charge in [-0.15, -0.1) is 0 Å². The molecule has 3 rings (SSSR count). The van der Waals surface area contributed by atoms with Crippen molar-refractivity contribution >= 4 is 30.6 Å². The Morgan fingerprint density at radius 3 is 2.23 bits per heavy atom. The first-order valence-electron chi connectivity index (χ1n) is 8.91. The molecule has 2 aromatic carbocycles. The lowest BCUT2D eigenvalue weighted by Crippen LogP contribution is -2.43. The van der Waals surface area contributed by atoms with Crippen molar-refractivity contribution in [3.8, 4) is 0 Å². The minimum Gasteiger partial charge on any atom is -0.229 e. The average molecular weight is 396 g/mol. The van der Waals surface area contributed by atoms with Crippen LogP contribution in [-0.4, -0.2) is 45.2 Å². The summed E-state index contributed by atoms with van der Waals surface area (Å²) >= 11 is 0. The number of fused-ring (bicyclic) bond motifs is 1. The number of hydrogen-bond donors (Lipinski definition) is 0. The van der Waals surface area contributed by atoms with Crippen molar-refractivity contribution < 1.29 is 16.8 Å². The second-order valence-corrected chi connectivity index (χ2v) is 11.5. The van der Waals surface area contributed by atoms with Gasteiger partial charge < -0.3 is 0 Å². The number of sulfone groups is 1. The molecule has 2 aromatic rings. The van der Waals surface area contributed by atoms with Crippen molar-refractivity contribution in [3.63, 3.8) is 0 Å². The molecule has 5 nitrogen and oxygen atoms in total. The minimum atomic E-state index is -3.64. The molecule has 7 heteroatoms. The Hall–Kier alpha value is -1.44. The van der Waals surface area contributed by atoms with Crippen LogP contribution in [0.15, 0.2) is 47.4 Å². The summed E-state index contributed by atoms with van der Waals surface area (Å²) in [7, 11) is -6.81. The zero-order chi connectivity index (χ0) is 18.9. The molecule has 1 saturated heterocycles. The molecule has 1 heterocycles. The fourth-order valence-corrected chi connectivity index (χ4v) is 7.41. The molecule has 0 unspecified atom stereocenters. The topological polar surface area (TPSA) is 71.5 Å². The SMILES string of the molecule is CC(C)CS(=O)(=O)C1CCN(S(=O)(=O)c2cccc3ccccc23)CC1. The maximum atomic E-state index is 13.1. The predicted molar refractivity (Wildman–Crippen MR) is 104 cm³/mol. The summed E-state index contributed by atoms with van der Waals surface area (Å²) < 4.78 is 52.5. The van der Waals surface area contributed by atoms with Gasteiger partial charge in [0.2, 0.25) is 10.0 Å². The van der Waals surface area contributed by atoms with Crippen LogP contribution in [0.1, 0.15) is 26.7 Å². The van der Waals surface area contributed by atoms with Crippen LogP contribution in [0, 0.1) is 5.92 Å². The number of piperidine rings is 1. The van der Waals surface area contributed by atoms with E-state index in [1.165, 1.54) is 4.31 Å². The molecule has 0 saturated carbocycles. The molecule has 0 aromatic heterocycles. The molecule has 0 aliphatic carbocycles. The highest BCUT2D eigenvalue weighted by molar-refractivity contribution is 7.92. The standard InChI is InChI=1S/C19H25NO4S2/c1-15(2)14-25(21,22)17-10-12-20(13-11-17)26(23,24)19-9-5-7-16-6-3-4-8-18(16)19/h3-9,15,17H,10-14H2,1-2H3. The molecule has 0 spiro atoms.